The van der Waals surface area contributed by atoms with Crippen molar-refractivity contribution in [3.63, 3.8) is 0 Å². The molecule has 1 aromatic rings. The zero-order chi connectivity index (χ0) is 15.0. The molecule has 2 nitrogen and oxygen atoms in total. The minimum Gasteiger partial charge on any atom is -0.286 e. The minimum absolute atomic E-state index is 0.250. The van der Waals surface area contributed by atoms with Gasteiger partial charge in [0.05, 0.1) is 6.20 Å². The number of unbranched alkanes of at least 4 members (excludes halogenated alkanes) is 5. The largest absolute Gasteiger partial charge is 0.286 e. The lowest BCUT2D eigenvalue weighted by atomic mass is 9.88. The molecule has 0 aliphatic rings. The molecule has 20 heavy (non-hydrogen) atoms. The molecular formula is C16H28ClFN2. The Morgan fingerprint density at radius 2 is 1.70 bits per heavy atom. The van der Waals surface area contributed by atoms with E-state index < -0.39 is 0 Å². The van der Waals surface area contributed by atoms with Gasteiger partial charge in [0.1, 0.15) is 0 Å². The summed E-state index contributed by atoms with van der Waals surface area (Å²) in [5.41, 5.74) is -0.250. The molecule has 1 atom stereocenters. The summed E-state index contributed by atoms with van der Waals surface area (Å²) in [7, 11) is 0. The molecule has 1 rings (SSSR count). The van der Waals surface area contributed by atoms with E-state index in [-0.39, 0.29) is 16.8 Å². The molecule has 0 aliphatic carbocycles. The van der Waals surface area contributed by atoms with Crippen molar-refractivity contribution < 1.29 is 4.39 Å². The summed E-state index contributed by atoms with van der Waals surface area (Å²) in [6.45, 7) is 6.48. The van der Waals surface area contributed by atoms with Crippen molar-refractivity contribution in [1.29, 1.82) is 0 Å². The zero-order valence-corrected chi connectivity index (χ0v) is 13.8. The second-order valence-corrected chi connectivity index (χ2v) is 6.29. The summed E-state index contributed by atoms with van der Waals surface area (Å²) in [6.07, 6.45) is 11.5. The molecule has 1 unspecified atom stereocenters. The van der Waals surface area contributed by atoms with Gasteiger partial charge in [0.2, 0.25) is 11.2 Å². The fraction of sp³-hybridized carbons (Fsp3) is 0.812. The van der Waals surface area contributed by atoms with E-state index in [0.29, 0.717) is 0 Å². The lowest BCUT2D eigenvalue weighted by Crippen LogP contribution is -2.31. The van der Waals surface area contributed by atoms with E-state index in [1.807, 2.05) is 0 Å². The van der Waals surface area contributed by atoms with Gasteiger partial charge < -0.3 is 0 Å². The van der Waals surface area contributed by atoms with E-state index in [2.05, 4.69) is 25.8 Å². The molecule has 0 spiro atoms. The number of rotatable bonds is 10. The van der Waals surface area contributed by atoms with Crippen molar-refractivity contribution >= 4 is 11.6 Å². The Hall–Kier alpha value is -0.570. The molecule has 1 heterocycles. The van der Waals surface area contributed by atoms with E-state index in [0.717, 1.165) is 32.1 Å². The molecule has 0 radical (unpaired) electrons. The molecule has 0 aliphatic heterocycles. The third kappa shape index (κ3) is 4.76. The maximum Gasteiger partial charge on any atom is 0.215 e. The van der Waals surface area contributed by atoms with Crippen LogP contribution in [0.5, 0.6) is 0 Å². The van der Waals surface area contributed by atoms with Crippen molar-refractivity contribution in [3.8, 4) is 0 Å². The van der Waals surface area contributed by atoms with Crippen LogP contribution in [0.25, 0.3) is 0 Å². The molecule has 0 amide bonds. The Morgan fingerprint density at radius 3 is 2.25 bits per heavy atom. The molecular weight excluding hydrogens is 275 g/mol. The van der Waals surface area contributed by atoms with Crippen LogP contribution in [0.2, 0.25) is 5.28 Å². The molecule has 0 saturated heterocycles. The maximum atomic E-state index is 14.0. The summed E-state index contributed by atoms with van der Waals surface area (Å²) in [4.78, 5) is 3.90. The van der Waals surface area contributed by atoms with Crippen molar-refractivity contribution in [2.24, 2.45) is 0 Å². The Bertz CT molecular complexity index is 372. The highest BCUT2D eigenvalue weighted by atomic mass is 35.5. The third-order valence-electron chi connectivity index (χ3n) is 4.10. The summed E-state index contributed by atoms with van der Waals surface area (Å²) in [5, 5.41) is 0.273. The SMILES string of the molecule is CCCCCCCC(C)(CCCC)n1c(F)cnc1Cl. The van der Waals surface area contributed by atoms with Crippen LogP contribution in [0.4, 0.5) is 4.39 Å². The Balaban J connectivity index is 2.71. The summed E-state index contributed by atoms with van der Waals surface area (Å²) in [5.74, 6) is -0.317. The quantitative estimate of drug-likeness (QED) is 0.489. The highest BCUT2D eigenvalue weighted by Gasteiger charge is 2.30. The highest BCUT2D eigenvalue weighted by Crippen LogP contribution is 2.33. The smallest absolute Gasteiger partial charge is 0.215 e. The van der Waals surface area contributed by atoms with Crippen LogP contribution in [0.3, 0.4) is 0 Å². The average Bonchev–Trinajstić information content (AvgIpc) is 2.76. The minimum atomic E-state index is -0.317. The maximum absolute atomic E-state index is 14.0. The first-order valence-electron chi connectivity index (χ1n) is 7.94. The van der Waals surface area contributed by atoms with Gasteiger partial charge in [-0.05, 0) is 31.4 Å². The van der Waals surface area contributed by atoms with Crippen LogP contribution >= 0.6 is 11.6 Å². The van der Waals surface area contributed by atoms with Gasteiger partial charge in [-0.25, -0.2) is 4.98 Å². The van der Waals surface area contributed by atoms with Gasteiger partial charge in [0.25, 0.3) is 0 Å². The van der Waals surface area contributed by atoms with Crippen LogP contribution in [0.15, 0.2) is 6.20 Å². The van der Waals surface area contributed by atoms with Crippen LogP contribution < -0.4 is 0 Å². The third-order valence-corrected chi connectivity index (χ3v) is 4.37. The summed E-state index contributed by atoms with van der Waals surface area (Å²) >= 11 is 6.08. The van der Waals surface area contributed by atoms with Gasteiger partial charge >= 0.3 is 0 Å². The van der Waals surface area contributed by atoms with Crippen molar-refractivity contribution in [2.45, 2.75) is 84.1 Å². The van der Waals surface area contributed by atoms with Crippen LogP contribution in [-0.2, 0) is 5.54 Å². The zero-order valence-electron chi connectivity index (χ0n) is 13.1. The van der Waals surface area contributed by atoms with Crippen LogP contribution in [0.1, 0.15) is 78.6 Å². The van der Waals surface area contributed by atoms with E-state index in [9.17, 15) is 4.39 Å². The van der Waals surface area contributed by atoms with E-state index in [1.54, 1.807) is 4.57 Å². The number of hydrogen-bond acceptors (Lipinski definition) is 1. The summed E-state index contributed by atoms with van der Waals surface area (Å²) in [6, 6.07) is 0. The van der Waals surface area contributed by atoms with E-state index in [1.165, 1.54) is 31.9 Å². The van der Waals surface area contributed by atoms with Crippen LogP contribution in [0, 0.1) is 5.95 Å². The van der Waals surface area contributed by atoms with E-state index >= 15 is 0 Å². The molecule has 0 fully saturated rings. The number of imidazole rings is 1. The Kier molecular flexibility index (Phi) is 7.57. The van der Waals surface area contributed by atoms with Gasteiger partial charge in [-0.15, -0.1) is 0 Å². The lowest BCUT2D eigenvalue weighted by Gasteiger charge is -2.32. The molecule has 1 aromatic heterocycles. The lowest BCUT2D eigenvalue weighted by molar-refractivity contribution is 0.226. The van der Waals surface area contributed by atoms with Gasteiger partial charge in [-0.2, -0.15) is 4.39 Å². The fourth-order valence-electron chi connectivity index (χ4n) is 2.81. The van der Waals surface area contributed by atoms with Gasteiger partial charge in [-0.1, -0.05) is 58.8 Å². The first-order valence-corrected chi connectivity index (χ1v) is 8.32. The number of nitrogens with zero attached hydrogens (tertiary/aromatic N) is 2. The first kappa shape index (κ1) is 17.5. The number of halogens is 2. The molecule has 0 saturated carbocycles. The highest BCUT2D eigenvalue weighted by molar-refractivity contribution is 6.28. The monoisotopic (exact) mass is 302 g/mol. The average molecular weight is 303 g/mol. The molecule has 0 bridgehead atoms. The predicted octanol–water partition coefficient (Wildman–Crippen LogP) is 5.94. The summed E-state index contributed by atoms with van der Waals surface area (Å²) < 4.78 is 15.6. The first-order chi connectivity index (χ1) is 9.55. The Labute approximate surface area is 127 Å². The standard InChI is InChI=1S/C16H28ClFN2/c1-4-6-8-9-10-12-16(3,11-7-5-2)20-14(18)13-19-15(20)17/h13H,4-12H2,1-3H3. The fourth-order valence-corrected chi connectivity index (χ4v) is 3.14. The van der Waals surface area contributed by atoms with Crippen molar-refractivity contribution in [3.05, 3.63) is 17.4 Å². The van der Waals surface area contributed by atoms with E-state index in [4.69, 9.17) is 11.6 Å². The van der Waals surface area contributed by atoms with Gasteiger partial charge in [0.15, 0.2) is 0 Å². The molecule has 116 valence electrons. The van der Waals surface area contributed by atoms with Gasteiger partial charge in [0, 0.05) is 5.54 Å². The normalized spacial score (nSPS) is 14.4. The second kappa shape index (κ2) is 8.66. The topological polar surface area (TPSA) is 17.8 Å². The van der Waals surface area contributed by atoms with Crippen LogP contribution in [-0.4, -0.2) is 9.55 Å². The number of aromatic nitrogens is 2. The molecule has 4 heteroatoms. The number of hydrogen-bond donors (Lipinski definition) is 0. The molecule has 0 aromatic carbocycles. The van der Waals surface area contributed by atoms with Crippen molar-refractivity contribution in [2.75, 3.05) is 0 Å². The predicted molar refractivity (Wildman–Crippen MR) is 83.7 cm³/mol. The molecule has 0 N–H and O–H groups in total. The van der Waals surface area contributed by atoms with Gasteiger partial charge in [-0.3, -0.25) is 4.57 Å². The Morgan fingerprint density at radius 1 is 1.10 bits per heavy atom. The second-order valence-electron chi connectivity index (χ2n) is 5.95. The van der Waals surface area contributed by atoms with Crippen molar-refractivity contribution in [1.82, 2.24) is 9.55 Å².